The first-order chi connectivity index (χ1) is 10.6. The van der Waals surface area contributed by atoms with Crippen LogP contribution in [0, 0.1) is 12.7 Å². The molecule has 1 aliphatic rings. The van der Waals surface area contributed by atoms with Gasteiger partial charge in [0.2, 0.25) is 0 Å². The first kappa shape index (κ1) is 15.2. The molecule has 0 spiro atoms. The van der Waals surface area contributed by atoms with Crippen LogP contribution in [-0.4, -0.2) is 25.0 Å². The minimum Gasteiger partial charge on any atom is -0.347 e. The Kier molecular flexibility index (Phi) is 4.55. The molecule has 3 nitrogen and oxygen atoms in total. The van der Waals surface area contributed by atoms with E-state index in [0.717, 1.165) is 41.9 Å². The van der Waals surface area contributed by atoms with Crippen molar-refractivity contribution in [2.24, 2.45) is 0 Å². The van der Waals surface area contributed by atoms with Crippen molar-refractivity contribution in [3.8, 4) is 11.1 Å². The monoisotopic (exact) mass is 318 g/mol. The average molecular weight is 318 g/mol. The van der Waals surface area contributed by atoms with Gasteiger partial charge in [0.1, 0.15) is 5.82 Å². The van der Waals surface area contributed by atoms with Crippen LogP contribution >= 0.6 is 11.3 Å². The number of hydrogen-bond acceptors (Lipinski definition) is 3. The minimum atomic E-state index is -0.251. The van der Waals surface area contributed by atoms with E-state index in [-0.39, 0.29) is 17.8 Å². The lowest BCUT2D eigenvalue weighted by Crippen LogP contribution is -2.45. The fraction of sp³-hybridized carbons (Fsp3) is 0.353. The molecule has 2 aromatic rings. The second-order valence-corrected chi connectivity index (χ2v) is 6.86. The van der Waals surface area contributed by atoms with Crippen molar-refractivity contribution in [3.63, 3.8) is 0 Å². The Morgan fingerprint density at radius 2 is 2.14 bits per heavy atom. The molecule has 0 radical (unpaired) electrons. The Morgan fingerprint density at radius 3 is 2.82 bits per heavy atom. The number of amides is 1. The van der Waals surface area contributed by atoms with Crippen LogP contribution in [0.15, 0.2) is 30.3 Å². The van der Waals surface area contributed by atoms with Crippen molar-refractivity contribution >= 4 is 17.2 Å². The summed E-state index contributed by atoms with van der Waals surface area (Å²) < 4.78 is 13.0. The number of halogens is 1. The minimum absolute atomic E-state index is 0.0184. The van der Waals surface area contributed by atoms with Crippen molar-refractivity contribution in [3.05, 3.63) is 45.9 Å². The molecule has 1 saturated heterocycles. The molecule has 1 fully saturated rings. The molecule has 22 heavy (non-hydrogen) atoms. The van der Waals surface area contributed by atoms with Crippen molar-refractivity contribution in [1.82, 2.24) is 10.6 Å². The molecule has 0 saturated carbocycles. The van der Waals surface area contributed by atoms with Gasteiger partial charge in [-0.15, -0.1) is 11.3 Å². The molecule has 5 heteroatoms. The number of rotatable bonds is 3. The highest BCUT2D eigenvalue weighted by Crippen LogP contribution is 2.31. The fourth-order valence-corrected chi connectivity index (χ4v) is 3.69. The number of benzene rings is 1. The maximum Gasteiger partial charge on any atom is 0.261 e. The number of nitrogens with one attached hydrogen (secondary N) is 2. The number of aryl methyl sites for hydroxylation is 1. The number of carbonyl (C=O) groups excluding carboxylic acids is 1. The predicted molar refractivity (Wildman–Crippen MR) is 87.8 cm³/mol. The van der Waals surface area contributed by atoms with Gasteiger partial charge in [-0.05, 0) is 55.6 Å². The Balaban J connectivity index is 1.76. The molecule has 1 amide bonds. The first-order valence-corrected chi connectivity index (χ1v) is 8.33. The first-order valence-electron chi connectivity index (χ1n) is 7.51. The predicted octanol–water partition coefficient (Wildman–Crippen LogP) is 3.34. The Hall–Kier alpha value is -1.72. The summed E-state index contributed by atoms with van der Waals surface area (Å²) in [6.45, 7) is 3.85. The van der Waals surface area contributed by atoms with Crippen LogP contribution in [0.4, 0.5) is 4.39 Å². The third-order valence-electron chi connectivity index (χ3n) is 3.93. The van der Waals surface area contributed by atoms with E-state index < -0.39 is 0 Å². The fourth-order valence-electron chi connectivity index (χ4n) is 2.74. The summed E-state index contributed by atoms with van der Waals surface area (Å²) in [7, 11) is 0. The van der Waals surface area contributed by atoms with Gasteiger partial charge >= 0.3 is 0 Å². The highest BCUT2D eigenvalue weighted by molar-refractivity contribution is 7.14. The van der Waals surface area contributed by atoms with Crippen LogP contribution in [0.25, 0.3) is 11.1 Å². The molecule has 2 heterocycles. The number of carbonyl (C=O) groups is 1. The lowest BCUT2D eigenvalue weighted by atomic mass is 10.1. The van der Waals surface area contributed by atoms with E-state index in [1.807, 2.05) is 13.0 Å². The van der Waals surface area contributed by atoms with E-state index in [1.54, 1.807) is 12.1 Å². The van der Waals surface area contributed by atoms with Gasteiger partial charge in [0.15, 0.2) is 0 Å². The molecule has 1 aromatic heterocycles. The molecule has 1 aromatic carbocycles. The molecular formula is C17H19FN2OS. The summed E-state index contributed by atoms with van der Waals surface area (Å²) in [5.74, 6) is -0.269. The van der Waals surface area contributed by atoms with Crippen LogP contribution in [0.1, 0.15) is 27.4 Å². The second kappa shape index (κ2) is 6.58. The highest BCUT2D eigenvalue weighted by atomic mass is 32.1. The van der Waals surface area contributed by atoms with Gasteiger partial charge in [-0.1, -0.05) is 12.1 Å². The standard InChI is InChI=1S/C17H19FN2OS/c1-11-15(12-4-6-13(18)7-5-12)9-16(22-11)17(21)20-14-3-2-8-19-10-14/h4-7,9,14,19H,2-3,8,10H2,1H3,(H,20,21)/t14-/m0/s1. The van der Waals surface area contributed by atoms with Crippen LogP contribution in [0.3, 0.4) is 0 Å². The van der Waals surface area contributed by atoms with Gasteiger partial charge in [-0.25, -0.2) is 4.39 Å². The Labute approximate surface area is 133 Å². The van der Waals surface area contributed by atoms with Crippen LogP contribution in [0.2, 0.25) is 0 Å². The summed E-state index contributed by atoms with van der Waals surface area (Å²) in [5, 5.41) is 6.38. The van der Waals surface area contributed by atoms with E-state index in [0.29, 0.717) is 4.88 Å². The van der Waals surface area contributed by atoms with Crippen molar-refractivity contribution in [1.29, 1.82) is 0 Å². The highest BCUT2D eigenvalue weighted by Gasteiger charge is 2.19. The van der Waals surface area contributed by atoms with Crippen LogP contribution < -0.4 is 10.6 Å². The lowest BCUT2D eigenvalue weighted by Gasteiger charge is -2.23. The van der Waals surface area contributed by atoms with E-state index in [4.69, 9.17) is 0 Å². The number of piperidine rings is 1. The molecule has 1 atom stereocenters. The molecule has 2 N–H and O–H groups in total. The van der Waals surface area contributed by atoms with Gasteiger partial charge < -0.3 is 10.6 Å². The average Bonchev–Trinajstić information content (AvgIpc) is 2.91. The molecule has 1 aliphatic heterocycles. The zero-order valence-electron chi connectivity index (χ0n) is 12.5. The molecule has 0 unspecified atom stereocenters. The van der Waals surface area contributed by atoms with E-state index in [1.165, 1.54) is 23.5 Å². The quantitative estimate of drug-likeness (QED) is 0.911. The maximum atomic E-state index is 13.0. The third-order valence-corrected chi connectivity index (χ3v) is 4.98. The lowest BCUT2D eigenvalue weighted by molar-refractivity contribution is 0.0935. The smallest absolute Gasteiger partial charge is 0.261 e. The van der Waals surface area contributed by atoms with Gasteiger partial charge in [0.05, 0.1) is 4.88 Å². The molecule has 0 bridgehead atoms. The summed E-state index contributed by atoms with van der Waals surface area (Å²) in [6.07, 6.45) is 2.11. The Morgan fingerprint density at radius 1 is 1.36 bits per heavy atom. The Bertz CT molecular complexity index is 660. The van der Waals surface area contributed by atoms with Gasteiger partial charge in [0.25, 0.3) is 5.91 Å². The normalized spacial score (nSPS) is 18.2. The van der Waals surface area contributed by atoms with E-state index in [9.17, 15) is 9.18 Å². The molecule has 116 valence electrons. The molecule has 3 rings (SSSR count). The van der Waals surface area contributed by atoms with Crippen LogP contribution in [-0.2, 0) is 0 Å². The second-order valence-electron chi connectivity index (χ2n) is 5.60. The maximum absolute atomic E-state index is 13.0. The number of hydrogen-bond donors (Lipinski definition) is 2. The zero-order chi connectivity index (χ0) is 15.5. The van der Waals surface area contributed by atoms with E-state index in [2.05, 4.69) is 10.6 Å². The van der Waals surface area contributed by atoms with Crippen molar-refractivity contribution < 1.29 is 9.18 Å². The van der Waals surface area contributed by atoms with Crippen LogP contribution in [0.5, 0.6) is 0 Å². The summed E-state index contributed by atoms with van der Waals surface area (Å²) in [6, 6.07) is 8.49. The molecule has 0 aliphatic carbocycles. The summed E-state index contributed by atoms with van der Waals surface area (Å²) in [5.41, 5.74) is 1.94. The molecular weight excluding hydrogens is 299 g/mol. The zero-order valence-corrected chi connectivity index (χ0v) is 13.3. The summed E-state index contributed by atoms with van der Waals surface area (Å²) >= 11 is 1.48. The third kappa shape index (κ3) is 3.36. The van der Waals surface area contributed by atoms with Gasteiger partial charge in [-0.2, -0.15) is 0 Å². The van der Waals surface area contributed by atoms with Crippen molar-refractivity contribution in [2.45, 2.75) is 25.8 Å². The van der Waals surface area contributed by atoms with Gasteiger partial charge in [-0.3, -0.25) is 4.79 Å². The van der Waals surface area contributed by atoms with Gasteiger partial charge in [0, 0.05) is 17.5 Å². The topological polar surface area (TPSA) is 41.1 Å². The summed E-state index contributed by atoms with van der Waals surface area (Å²) in [4.78, 5) is 14.2. The SMILES string of the molecule is Cc1sc(C(=O)N[C@H]2CCCNC2)cc1-c1ccc(F)cc1. The van der Waals surface area contributed by atoms with E-state index >= 15 is 0 Å². The largest absolute Gasteiger partial charge is 0.347 e. The number of thiophene rings is 1. The van der Waals surface area contributed by atoms with Crippen molar-refractivity contribution in [2.75, 3.05) is 13.1 Å².